The Morgan fingerprint density at radius 1 is 1.88 bits per heavy atom. The molecule has 0 heterocycles. The van der Waals surface area contributed by atoms with Crippen LogP contribution in [0.2, 0.25) is 0 Å². The summed E-state index contributed by atoms with van der Waals surface area (Å²) in [6.07, 6.45) is 0. The molecule has 46 valence electrons. The number of carbonyl (C=O) groups is 1. The van der Waals surface area contributed by atoms with E-state index in [1.54, 1.807) is 0 Å². The molecule has 0 aromatic carbocycles. The van der Waals surface area contributed by atoms with Gasteiger partial charge in [0, 0.05) is 0 Å². The minimum absolute atomic E-state index is 0.896. The molecule has 5 heteroatoms. The van der Waals surface area contributed by atoms with Crippen molar-refractivity contribution < 1.29 is 9.90 Å². The zero-order valence-corrected chi connectivity index (χ0v) is 4.29. The van der Waals surface area contributed by atoms with E-state index in [1.165, 1.54) is 6.92 Å². The van der Waals surface area contributed by atoms with Gasteiger partial charge < -0.3 is 5.11 Å². The molecule has 0 aromatic rings. The summed E-state index contributed by atoms with van der Waals surface area (Å²) in [5, 5.41) is 10.2. The Labute approximate surface area is 45.6 Å². The molecule has 5 nitrogen and oxygen atoms in total. The van der Waals surface area contributed by atoms with E-state index in [0.29, 0.717) is 0 Å². The van der Waals surface area contributed by atoms with Crippen molar-refractivity contribution in [1.29, 1.82) is 0 Å². The van der Waals surface area contributed by atoms with Gasteiger partial charge in [-0.3, -0.25) is 5.43 Å². The van der Waals surface area contributed by atoms with Gasteiger partial charge in [0.1, 0.15) is 6.04 Å². The maximum Gasteiger partial charge on any atom is 0.327 e. The average Bonchev–Trinajstić information content (AvgIpc) is 1.67. The molecule has 1 unspecified atom stereocenters. The summed E-state index contributed by atoms with van der Waals surface area (Å²) in [7, 11) is 0. The van der Waals surface area contributed by atoms with Crippen molar-refractivity contribution in [3.05, 3.63) is 4.91 Å². The lowest BCUT2D eigenvalue weighted by Gasteiger charge is -1.98. The van der Waals surface area contributed by atoms with E-state index in [0.717, 1.165) is 0 Å². The lowest BCUT2D eigenvalue weighted by Crippen LogP contribution is -2.28. The Morgan fingerprint density at radius 2 is 2.38 bits per heavy atom. The topological polar surface area (TPSA) is 78.8 Å². The van der Waals surface area contributed by atoms with Gasteiger partial charge in [-0.25, -0.2) is 4.79 Å². The number of rotatable bonds is 3. The number of hydrogen-bond acceptors (Lipinski definition) is 3. The van der Waals surface area contributed by atoms with Gasteiger partial charge in [-0.2, -0.15) is 0 Å². The van der Waals surface area contributed by atoms with Crippen LogP contribution in [0.3, 0.4) is 0 Å². The SMILES string of the molecule is CC(NN=O)C(=O)O. The molecule has 2 N–H and O–H groups in total. The summed E-state index contributed by atoms with van der Waals surface area (Å²) in [6, 6.07) is -0.896. The van der Waals surface area contributed by atoms with Crippen LogP contribution in [0.5, 0.6) is 0 Å². The number of carboxylic acid groups (broad SMARTS) is 1. The van der Waals surface area contributed by atoms with Crippen molar-refractivity contribution in [2.45, 2.75) is 13.0 Å². The van der Waals surface area contributed by atoms with E-state index in [2.05, 4.69) is 5.29 Å². The normalized spacial score (nSPS) is 12.1. The van der Waals surface area contributed by atoms with Gasteiger partial charge in [0.15, 0.2) is 0 Å². The second kappa shape index (κ2) is 2.95. The number of carboxylic acids is 1. The van der Waals surface area contributed by atoms with Crippen LogP contribution in [0.15, 0.2) is 5.29 Å². The van der Waals surface area contributed by atoms with Crippen molar-refractivity contribution in [2.24, 2.45) is 5.29 Å². The first kappa shape index (κ1) is 6.87. The van der Waals surface area contributed by atoms with Crippen LogP contribution in [0, 0.1) is 4.91 Å². The molecule has 1 atom stereocenters. The van der Waals surface area contributed by atoms with Crippen molar-refractivity contribution in [3.63, 3.8) is 0 Å². The first-order valence-electron chi connectivity index (χ1n) is 1.99. The second-order valence-electron chi connectivity index (χ2n) is 1.28. The Bertz CT molecular complexity index is 103. The molecule has 0 aliphatic heterocycles. The summed E-state index contributed by atoms with van der Waals surface area (Å²) in [4.78, 5) is 19.1. The van der Waals surface area contributed by atoms with E-state index in [4.69, 9.17) is 5.11 Å². The molecule has 0 aromatic heterocycles. The highest BCUT2D eigenvalue weighted by atomic mass is 16.4. The van der Waals surface area contributed by atoms with E-state index in [-0.39, 0.29) is 0 Å². The van der Waals surface area contributed by atoms with Crippen molar-refractivity contribution in [3.8, 4) is 0 Å². The Hall–Kier alpha value is -1.13. The number of nitroso groups, excluding NO2 is 1. The molecule has 0 amide bonds. The predicted octanol–water partition coefficient (Wildman–Crippen LogP) is -0.269. The molecule has 0 fully saturated rings. The van der Waals surface area contributed by atoms with Crippen molar-refractivity contribution in [2.75, 3.05) is 0 Å². The smallest absolute Gasteiger partial charge is 0.327 e. The van der Waals surface area contributed by atoms with Gasteiger partial charge in [0.05, 0.1) is 5.29 Å². The van der Waals surface area contributed by atoms with E-state index in [9.17, 15) is 9.70 Å². The molecule has 0 aliphatic carbocycles. The molecule has 0 spiro atoms. The lowest BCUT2D eigenvalue weighted by atomic mass is 10.4. The van der Waals surface area contributed by atoms with Gasteiger partial charge in [-0.15, -0.1) is 4.91 Å². The summed E-state index contributed by atoms with van der Waals surface area (Å²) in [5.74, 6) is -1.09. The first-order chi connectivity index (χ1) is 3.68. The fourth-order valence-electron chi connectivity index (χ4n) is 0.134. The van der Waals surface area contributed by atoms with E-state index >= 15 is 0 Å². The zero-order valence-electron chi connectivity index (χ0n) is 4.29. The van der Waals surface area contributed by atoms with Crippen LogP contribution >= 0.6 is 0 Å². The van der Waals surface area contributed by atoms with E-state index < -0.39 is 12.0 Å². The predicted molar refractivity (Wildman–Crippen MR) is 26.0 cm³/mol. The fourth-order valence-corrected chi connectivity index (χ4v) is 0.134. The fraction of sp³-hybridized carbons (Fsp3) is 0.667. The molecule has 0 aliphatic rings. The maximum atomic E-state index is 9.83. The summed E-state index contributed by atoms with van der Waals surface area (Å²) >= 11 is 0. The van der Waals surface area contributed by atoms with Gasteiger partial charge >= 0.3 is 5.97 Å². The third kappa shape index (κ3) is 2.12. The third-order valence-electron chi connectivity index (χ3n) is 0.617. The molecule has 0 saturated heterocycles. The molecule has 0 bridgehead atoms. The van der Waals surface area contributed by atoms with Crippen molar-refractivity contribution in [1.82, 2.24) is 5.43 Å². The van der Waals surface area contributed by atoms with Crippen LogP contribution in [0.4, 0.5) is 0 Å². The molecular formula is C3H6N2O3. The number of nitrogens with zero attached hydrogens (tertiary/aromatic N) is 1. The van der Waals surface area contributed by atoms with Crippen LogP contribution in [-0.2, 0) is 4.79 Å². The Kier molecular flexibility index (Phi) is 2.53. The minimum atomic E-state index is -1.09. The van der Waals surface area contributed by atoms with Gasteiger partial charge in [0.2, 0.25) is 0 Å². The van der Waals surface area contributed by atoms with Gasteiger partial charge in [-0.05, 0) is 6.92 Å². The van der Waals surface area contributed by atoms with Crippen LogP contribution in [-0.4, -0.2) is 17.1 Å². The number of hydrogen-bond donors (Lipinski definition) is 2. The number of nitrogens with one attached hydrogen (secondary N) is 1. The molecule has 8 heavy (non-hydrogen) atoms. The molecular weight excluding hydrogens is 112 g/mol. The van der Waals surface area contributed by atoms with Gasteiger partial charge in [0.25, 0.3) is 0 Å². The second-order valence-corrected chi connectivity index (χ2v) is 1.28. The largest absolute Gasteiger partial charge is 0.480 e. The lowest BCUT2D eigenvalue weighted by molar-refractivity contribution is -0.138. The molecule has 0 saturated carbocycles. The van der Waals surface area contributed by atoms with Crippen LogP contribution in [0.25, 0.3) is 0 Å². The first-order valence-corrected chi connectivity index (χ1v) is 1.99. The zero-order chi connectivity index (χ0) is 6.57. The standard InChI is InChI=1S/C3H6N2O3/c1-2(3(6)7)4-5-8/h2H,1H3,(H,4,8)(H,6,7). The van der Waals surface area contributed by atoms with Crippen molar-refractivity contribution >= 4 is 5.97 Å². The highest BCUT2D eigenvalue weighted by molar-refractivity contribution is 5.72. The third-order valence-corrected chi connectivity index (χ3v) is 0.617. The highest BCUT2D eigenvalue weighted by Crippen LogP contribution is 1.77. The summed E-state index contributed by atoms with van der Waals surface area (Å²) < 4.78 is 0. The monoisotopic (exact) mass is 118 g/mol. The number of aliphatic carboxylic acids is 1. The van der Waals surface area contributed by atoms with Crippen LogP contribution in [0.1, 0.15) is 6.92 Å². The molecule has 0 radical (unpaired) electrons. The molecule has 0 rings (SSSR count). The average molecular weight is 118 g/mol. The van der Waals surface area contributed by atoms with Crippen LogP contribution < -0.4 is 5.43 Å². The summed E-state index contributed by atoms with van der Waals surface area (Å²) in [5.41, 5.74) is 1.81. The summed E-state index contributed by atoms with van der Waals surface area (Å²) in [6.45, 7) is 1.32. The quantitative estimate of drug-likeness (QED) is 0.395. The maximum absolute atomic E-state index is 9.83. The highest BCUT2D eigenvalue weighted by Gasteiger charge is 2.07. The Morgan fingerprint density at radius 3 is 2.50 bits per heavy atom. The van der Waals surface area contributed by atoms with E-state index in [1.807, 2.05) is 5.43 Å². The van der Waals surface area contributed by atoms with Gasteiger partial charge in [-0.1, -0.05) is 0 Å². The Balaban J connectivity index is 3.46. The minimum Gasteiger partial charge on any atom is -0.480 e.